The van der Waals surface area contributed by atoms with Crippen LogP contribution in [0.2, 0.25) is 0 Å². The van der Waals surface area contributed by atoms with Crippen molar-refractivity contribution < 1.29 is 14.6 Å². The van der Waals surface area contributed by atoms with Crippen LogP contribution in [0.1, 0.15) is 5.69 Å². The van der Waals surface area contributed by atoms with Crippen molar-refractivity contribution in [3.63, 3.8) is 0 Å². The second-order valence-electron chi connectivity index (χ2n) is 4.03. The number of rotatable bonds is 4. The molecule has 0 aliphatic rings. The van der Waals surface area contributed by atoms with Gasteiger partial charge in [-0.05, 0) is 40.2 Å². The van der Waals surface area contributed by atoms with Gasteiger partial charge in [0.15, 0.2) is 0 Å². The summed E-state index contributed by atoms with van der Waals surface area (Å²) in [6.45, 7) is 0. The second kappa shape index (κ2) is 5.44. The summed E-state index contributed by atoms with van der Waals surface area (Å²) in [6.07, 6.45) is -0.0692. The van der Waals surface area contributed by atoms with Crippen molar-refractivity contribution in [1.82, 2.24) is 9.78 Å². The molecule has 0 unspecified atom stereocenters. The summed E-state index contributed by atoms with van der Waals surface area (Å²) < 4.78 is 7.39. The highest BCUT2D eigenvalue weighted by Gasteiger charge is 2.17. The van der Waals surface area contributed by atoms with Crippen molar-refractivity contribution in [1.29, 1.82) is 0 Å². The Bertz CT molecular complexity index is 605. The number of hydrogen-bond donors (Lipinski definition) is 1. The van der Waals surface area contributed by atoms with Crippen LogP contribution in [0.5, 0.6) is 5.75 Å². The van der Waals surface area contributed by atoms with Crippen molar-refractivity contribution in [2.24, 2.45) is 7.05 Å². The Labute approximate surface area is 118 Å². The van der Waals surface area contributed by atoms with Gasteiger partial charge in [-0.3, -0.25) is 9.48 Å². The Morgan fingerprint density at radius 2 is 2.05 bits per heavy atom. The fourth-order valence-corrected chi connectivity index (χ4v) is 2.51. The van der Waals surface area contributed by atoms with Crippen molar-refractivity contribution in [3.8, 4) is 17.0 Å². The van der Waals surface area contributed by atoms with Gasteiger partial charge in [-0.2, -0.15) is 5.10 Å². The van der Waals surface area contributed by atoms with E-state index in [1.807, 2.05) is 24.3 Å². The molecular formula is C13H13BrN2O3. The highest BCUT2D eigenvalue weighted by atomic mass is 79.9. The number of methoxy groups -OCH3 is 1. The predicted octanol–water partition coefficient (Wildman–Crippen LogP) is 2.49. The van der Waals surface area contributed by atoms with Crippen LogP contribution in [0.25, 0.3) is 11.3 Å². The standard InChI is InChI=1S/C13H13BrN2O3/c1-16-10(7-11(17)18)12(14)13(15-16)8-3-5-9(19-2)6-4-8/h3-6H,7H2,1-2H3,(H,17,18). The van der Waals surface area contributed by atoms with Gasteiger partial charge < -0.3 is 9.84 Å². The Hall–Kier alpha value is -1.82. The minimum atomic E-state index is -0.884. The van der Waals surface area contributed by atoms with Gasteiger partial charge in [-0.15, -0.1) is 0 Å². The number of aromatic nitrogens is 2. The van der Waals surface area contributed by atoms with E-state index in [2.05, 4.69) is 21.0 Å². The molecule has 2 rings (SSSR count). The number of halogens is 1. The SMILES string of the molecule is COc1ccc(-c2nn(C)c(CC(=O)O)c2Br)cc1. The number of ether oxygens (including phenoxy) is 1. The number of carboxylic acids is 1. The van der Waals surface area contributed by atoms with E-state index >= 15 is 0 Å². The van der Waals surface area contributed by atoms with Crippen LogP contribution in [0.4, 0.5) is 0 Å². The molecule has 100 valence electrons. The molecule has 1 heterocycles. The van der Waals surface area contributed by atoms with E-state index in [9.17, 15) is 4.79 Å². The number of aryl methyl sites for hydroxylation is 1. The van der Waals surface area contributed by atoms with E-state index in [1.165, 1.54) is 0 Å². The van der Waals surface area contributed by atoms with Crippen LogP contribution in [-0.4, -0.2) is 28.0 Å². The lowest BCUT2D eigenvalue weighted by atomic mass is 10.1. The van der Waals surface area contributed by atoms with Crippen LogP contribution in [0.15, 0.2) is 28.7 Å². The van der Waals surface area contributed by atoms with Crippen molar-refractivity contribution >= 4 is 21.9 Å². The van der Waals surface area contributed by atoms with Crippen molar-refractivity contribution in [2.45, 2.75) is 6.42 Å². The summed E-state index contributed by atoms with van der Waals surface area (Å²) in [5.41, 5.74) is 2.26. The zero-order valence-corrected chi connectivity index (χ0v) is 12.1. The molecule has 1 aromatic heterocycles. The average Bonchev–Trinajstić information content (AvgIpc) is 2.66. The third-order valence-electron chi connectivity index (χ3n) is 2.78. The number of nitrogens with zero attached hydrogens (tertiary/aromatic N) is 2. The molecule has 0 aliphatic carbocycles. The lowest BCUT2D eigenvalue weighted by Gasteiger charge is -2.01. The molecule has 1 aromatic carbocycles. The summed E-state index contributed by atoms with van der Waals surface area (Å²) >= 11 is 3.42. The summed E-state index contributed by atoms with van der Waals surface area (Å²) in [4.78, 5) is 10.8. The van der Waals surface area contributed by atoms with Gasteiger partial charge in [0.1, 0.15) is 11.4 Å². The van der Waals surface area contributed by atoms with Crippen LogP contribution in [-0.2, 0) is 18.3 Å². The van der Waals surface area contributed by atoms with Crippen LogP contribution < -0.4 is 4.74 Å². The van der Waals surface area contributed by atoms with E-state index in [4.69, 9.17) is 9.84 Å². The zero-order chi connectivity index (χ0) is 14.0. The molecule has 5 nitrogen and oxygen atoms in total. The van der Waals surface area contributed by atoms with E-state index in [0.717, 1.165) is 17.0 Å². The van der Waals surface area contributed by atoms with Gasteiger partial charge >= 0.3 is 5.97 Å². The topological polar surface area (TPSA) is 64.4 Å². The molecule has 0 fully saturated rings. The number of carboxylic acid groups (broad SMARTS) is 1. The number of carbonyl (C=O) groups is 1. The van der Waals surface area contributed by atoms with Gasteiger partial charge in [-0.1, -0.05) is 0 Å². The largest absolute Gasteiger partial charge is 0.497 e. The number of benzene rings is 1. The highest BCUT2D eigenvalue weighted by Crippen LogP contribution is 2.31. The van der Waals surface area contributed by atoms with E-state index < -0.39 is 5.97 Å². The van der Waals surface area contributed by atoms with Crippen molar-refractivity contribution in [3.05, 3.63) is 34.4 Å². The maximum atomic E-state index is 10.8. The zero-order valence-electron chi connectivity index (χ0n) is 10.6. The molecule has 0 saturated carbocycles. The maximum absolute atomic E-state index is 10.8. The average molecular weight is 325 g/mol. The minimum Gasteiger partial charge on any atom is -0.497 e. The monoisotopic (exact) mass is 324 g/mol. The first-order valence-electron chi connectivity index (χ1n) is 5.60. The van der Waals surface area contributed by atoms with Gasteiger partial charge in [0.05, 0.1) is 23.7 Å². The summed E-state index contributed by atoms with van der Waals surface area (Å²) in [6, 6.07) is 7.45. The molecule has 0 aliphatic heterocycles. The van der Waals surface area contributed by atoms with Gasteiger partial charge in [0.25, 0.3) is 0 Å². The number of hydrogen-bond acceptors (Lipinski definition) is 3. The van der Waals surface area contributed by atoms with Crippen LogP contribution in [0.3, 0.4) is 0 Å². The maximum Gasteiger partial charge on any atom is 0.309 e. The first-order chi connectivity index (χ1) is 9.02. The molecule has 0 amide bonds. The van der Waals surface area contributed by atoms with Crippen LogP contribution in [0, 0.1) is 0 Å². The number of aliphatic carboxylic acids is 1. The Morgan fingerprint density at radius 1 is 1.42 bits per heavy atom. The molecule has 0 spiro atoms. The van der Waals surface area contributed by atoms with E-state index in [1.54, 1.807) is 18.8 Å². The molecule has 0 radical (unpaired) electrons. The lowest BCUT2D eigenvalue weighted by molar-refractivity contribution is -0.136. The fourth-order valence-electron chi connectivity index (χ4n) is 1.80. The molecule has 6 heteroatoms. The van der Waals surface area contributed by atoms with E-state index in [-0.39, 0.29) is 6.42 Å². The quantitative estimate of drug-likeness (QED) is 0.938. The first-order valence-corrected chi connectivity index (χ1v) is 6.39. The normalized spacial score (nSPS) is 10.5. The summed E-state index contributed by atoms with van der Waals surface area (Å²) in [5.74, 6) is -0.119. The Balaban J connectivity index is 2.42. The molecule has 0 saturated heterocycles. The van der Waals surface area contributed by atoms with Gasteiger partial charge in [-0.25, -0.2) is 0 Å². The predicted molar refractivity (Wildman–Crippen MR) is 74.2 cm³/mol. The third kappa shape index (κ3) is 2.78. The molecule has 0 bridgehead atoms. The molecule has 19 heavy (non-hydrogen) atoms. The Morgan fingerprint density at radius 3 is 2.58 bits per heavy atom. The molecule has 0 atom stereocenters. The smallest absolute Gasteiger partial charge is 0.309 e. The molecular weight excluding hydrogens is 312 g/mol. The summed E-state index contributed by atoms with van der Waals surface area (Å²) in [7, 11) is 3.34. The minimum absolute atomic E-state index is 0.0692. The molecule has 1 N–H and O–H groups in total. The first kappa shape index (κ1) is 13.6. The van der Waals surface area contributed by atoms with Gasteiger partial charge in [0.2, 0.25) is 0 Å². The van der Waals surface area contributed by atoms with Gasteiger partial charge in [0, 0.05) is 12.6 Å². The third-order valence-corrected chi connectivity index (χ3v) is 3.62. The van der Waals surface area contributed by atoms with Crippen LogP contribution >= 0.6 is 15.9 Å². The Kier molecular flexibility index (Phi) is 3.90. The fraction of sp³-hybridized carbons (Fsp3) is 0.231. The summed E-state index contributed by atoms with van der Waals surface area (Å²) in [5, 5.41) is 13.2. The molecule has 2 aromatic rings. The highest BCUT2D eigenvalue weighted by molar-refractivity contribution is 9.10. The van der Waals surface area contributed by atoms with E-state index in [0.29, 0.717) is 10.2 Å². The lowest BCUT2D eigenvalue weighted by Crippen LogP contribution is -2.06. The second-order valence-corrected chi connectivity index (χ2v) is 4.82. The van der Waals surface area contributed by atoms with Crippen molar-refractivity contribution in [2.75, 3.05) is 7.11 Å².